The number of rotatable bonds is 51. The van der Waals surface area contributed by atoms with E-state index in [1.807, 2.05) is 0 Å². The van der Waals surface area contributed by atoms with E-state index >= 15 is 0 Å². The van der Waals surface area contributed by atoms with Crippen molar-refractivity contribution in [3.8, 4) is 0 Å². The largest absolute Gasteiger partial charge is 0.481 e. The predicted octanol–water partition coefficient (Wildman–Crippen LogP) is -10.4. The lowest BCUT2D eigenvalue weighted by atomic mass is 10.0. The molecule has 117 heavy (non-hydrogen) atoms. The molecule has 0 unspecified atom stereocenters. The average molecular weight is 1730 g/mol. The van der Waals surface area contributed by atoms with E-state index in [-0.39, 0.29) is 73.2 Å². The number of imidazole rings is 2. The molecule has 50 heteroatoms. The summed E-state index contributed by atoms with van der Waals surface area (Å²) < 4.78 is 0. The standard InChI is InChI=1S/C67H106N22O24S4/c1-29(2)12-36(54(98)77-35(9-10-51(95)96)53(97)79-38(15-33-20-73-28-75-33)56(100)84-42(21-90)58(102)81-39(16-48(70)92)57(101)83-41(13-30(3)4)67(111)113-112-66(110)34(69)23-114)78-55(99)37(14-32-19-72-27-74-32)80-61(105)46(26-117)87-64(108)52(31(5)6)88-63(107)47-8-7-11-89(47)65(109)40(17-49(71)93)82-59(103)43(22-91)85-62(106)45(25-116)86-60(104)44(24-115)76-50(94)18-68/h19-20,27-31,34-47,52,90-91,114-117H,7-18,21-26,68-69H2,1-6H3,(H2,70,92)(H2,71,93)(H,72,74)(H,73,75)(H,76,94)(H,77,98)(H,78,99)(H,79,97)(H,80,105)(H,81,102)(H,82,103)(H,83,101)(H,84,100)(H,85,106)(H,86,104)(H,87,108)(H,88,107)(H,95,96)/t34-,35+,36+,37+,38+,39+,40+,41+,42+,43+,44+,45+,46+,47+,52+/m1/s1. The Morgan fingerprint density at radius 1 is 0.487 bits per heavy atom. The van der Waals surface area contributed by atoms with E-state index in [0.717, 1.165) is 4.90 Å². The number of likely N-dealkylation sites (tertiary alicyclic amines) is 1. The monoisotopic (exact) mass is 1730 g/mol. The topological polar surface area (TPSA) is 725 Å². The number of carboxylic acid groups (broad SMARTS) is 1. The Kier molecular flexibility index (Phi) is 43.9. The molecule has 0 aliphatic carbocycles. The summed E-state index contributed by atoms with van der Waals surface area (Å²) in [6.07, 6.45) is 0.739. The molecule has 652 valence electrons. The van der Waals surface area contributed by atoms with E-state index in [1.165, 1.54) is 38.9 Å². The van der Waals surface area contributed by atoms with Crippen LogP contribution in [0.2, 0.25) is 0 Å². The van der Waals surface area contributed by atoms with E-state index in [2.05, 4.69) is 149 Å². The van der Waals surface area contributed by atoms with Crippen molar-refractivity contribution in [2.24, 2.45) is 40.7 Å². The number of aliphatic hydroxyl groups is 2. The molecule has 1 aliphatic heterocycles. The zero-order valence-electron chi connectivity index (χ0n) is 64.8. The molecule has 26 N–H and O–H groups in total. The first-order valence-corrected chi connectivity index (χ1v) is 39.2. The lowest BCUT2D eigenvalue weighted by Gasteiger charge is -2.31. The smallest absolute Gasteiger partial charge is 0.377 e. The van der Waals surface area contributed by atoms with Gasteiger partial charge in [0, 0.05) is 72.6 Å². The molecule has 1 saturated heterocycles. The Morgan fingerprint density at radius 3 is 1.30 bits per heavy atom. The Morgan fingerprint density at radius 2 is 0.863 bits per heavy atom. The SMILES string of the molecule is CC(C)C[C@H](NC(=O)[C@H](Cc1cnc[nH]1)NC(=O)[C@H](CS)NC(=O)[C@@H](NC(=O)[C@@H]1CCCN1C(=O)[C@H](CC(N)=O)NC(=O)[C@H](CO)NC(=O)[C@H](CS)NC(=O)[C@H](CS)NC(=O)CN)C(C)C)C(=O)N[C@@H](CCC(=O)O)C(=O)N[C@@H](Cc1cnc[nH]1)C(=O)N[C@@H](CO)C(=O)N[C@@H](CC(N)=O)C(=O)N[C@@H](CC(C)C)C(=O)OOC(=O)[C@H](N)CS. The van der Waals surface area contributed by atoms with Gasteiger partial charge in [0.1, 0.15) is 90.6 Å². The Bertz CT molecular complexity index is 3770. The minimum Gasteiger partial charge on any atom is -0.481 e. The summed E-state index contributed by atoms with van der Waals surface area (Å²) in [6.45, 7) is 6.74. The minimum absolute atomic E-state index is 0.0196. The third-order valence-corrected chi connectivity index (χ3v) is 18.8. The highest BCUT2D eigenvalue weighted by atomic mass is 32.1. The Hall–Kier alpha value is -10.4. The van der Waals surface area contributed by atoms with Gasteiger partial charge < -0.3 is 122 Å². The van der Waals surface area contributed by atoms with E-state index in [1.54, 1.807) is 27.7 Å². The van der Waals surface area contributed by atoms with Crippen LogP contribution in [0.5, 0.6) is 0 Å². The molecule has 0 spiro atoms. The quantitative estimate of drug-likeness (QED) is 0.0166. The van der Waals surface area contributed by atoms with Gasteiger partial charge in [0.15, 0.2) is 0 Å². The first-order chi connectivity index (χ1) is 55.1. The van der Waals surface area contributed by atoms with Crippen LogP contribution < -0.4 is 92.1 Å². The van der Waals surface area contributed by atoms with Crippen molar-refractivity contribution in [1.82, 2.24) is 94.0 Å². The van der Waals surface area contributed by atoms with Crippen molar-refractivity contribution in [3.05, 3.63) is 36.4 Å². The molecular weight excluding hydrogens is 1630 g/mol. The van der Waals surface area contributed by atoms with Crippen molar-refractivity contribution in [3.63, 3.8) is 0 Å². The van der Waals surface area contributed by atoms with Gasteiger partial charge in [-0.1, -0.05) is 41.5 Å². The number of thiol groups is 4. The summed E-state index contributed by atoms with van der Waals surface area (Å²) in [4.78, 5) is 280. The minimum atomic E-state index is -1.99. The highest BCUT2D eigenvalue weighted by Crippen LogP contribution is 2.21. The van der Waals surface area contributed by atoms with Crippen LogP contribution in [-0.2, 0) is 114 Å². The number of carbonyl (C=O) groups is 19. The van der Waals surface area contributed by atoms with Gasteiger partial charge in [-0.15, -0.1) is 0 Å². The van der Waals surface area contributed by atoms with E-state index in [0.29, 0.717) is 0 Å². The lowest BCUT2D eigenvalue weighted by molar-refractivity contribution is -0.261. The Labute approximate surface area is 692 Å². The van der Waals surface area contributed by atoms with Gasteiger partial charge in [0.25, 0.3) is 0 Å². The third kappa shape index (κ3) is 34.4. The van der Waals surface area contributed by atoms with E-state index < -0.39 is 273 Å². The maximum atomic E-state index is 14.6. The highest BCUT2D eigenvalue weighted by Gasteiger charge is 2.43. The van der Waals surface area contributed by atoms with Crippen molar-refractivity contribution in [2.45, 2.75) is 196 Å². The van der Waals surface area contributed by atoms with Crippen LogP contribution >= 0.6 is 50.5 Å². The molecule has 1 fully saturated rings. The number of aliphatic hydroxyl groups excluding tert-OH is 2. The third-order valence-electron chi connectivity index (χ3n) is 17.3. The normalized spacial score (nSPS) is 16.1. The Balaban J connectivity index is 1.87. The second-order valence-electron chi connectivity index (χ2n) is 28.0. The number of aliphatic carboxylic acids is 1. The molecular formula is C67H106N22O24S4. The lowest BCUT2D eigenvalue weighted by Crippen LogP contribution is -2.62. The number of H-pyrrole nitrogens is 2. The number of nitrogens with one attached hydrogen (secondary N) is 15. The van der Waals surface area contributed by atoms with Crippen molar-refractivity contribution in [1.29, 1.82) is 0 Å². The molecule has 0 radical (unpaired) electrons. The number of aromatic amines is 2. The molecule has 46 nitrogen and oxygen atoms in total. The van der Waals surface area contributed by atoms with Crippen LogP contribution in [0.25, 0.3) is 0 Å². The zero-order chi connectivity index (χ0) is 88.1. The average Bonchev–Trinajstić information content (AvgIpc) is 1.73. The number of nitrogens with zero attached hydrogens (tertiary/aromatic N) is 3. The summed E-state index contributed by atoms with van der Waals surface area (Å²) >= 11 is 16.3. The first kappa shape index (κ1) is 101. The molecule has 15 atom stereocenters. The van der Waals surface area contributed by atoms with Crippen LogP contribution in [-0.4, -0.2) is 293 Å². The summed E-state index contributed by atoms with van der Waals surface area (Å²) in [5, 5.41) is 61.3. The van der Waals surface area contributed by atoms with Crippen LogP contribution in [0.3, 0.4) is 0 Å². The van der Waals surface area contributed by atoms with E-state index in [4.69, 9.17) is 22.9 Å². The molecule has 3 heterocycles. The second-order valence-corrected chi connectivity index (χ2v) is 29.5. The maximum absolute atomic E-state index is 14.6. The number of aromatic nitrogens is 4. The summed E-state index contributed by atoms with van der Waals surface area (Å²) in [5.41, 5.74) is 22.2. The maximum Gasteiger partial charge on any atom is 0.377 e. The first-order valence-electron chi connectivity index (χ1n) is 36.7. The number of amides is 16. The summed E-state index contributed by atoms with van der Waals surface area (Å²) in [7, 11) is 0. The van der Waals surface area contributed by atoms with Gasteiger partial charge in [0.05, 0.1) is 45.3 Å². The summed E-state index contributed by atoms with van der Waals surface area (Å²) in [6, 6.07) is -24.4. The van der Waals surface area contributed by atoms with Gasteiger partial charge in [-0.2, -0.15) is 50.5 Å². The van der Waals surface area contributed by atoms with Gasteiger partial charge in [-0.05, 0) is 49.9 Å². The molecule has 3 rings (SSSR count). The van der Waals surface area contributed by atoms with Crippen molar-refractivity contribution in [2.75, 3.05) is 49.3 Å². The van der Waals surface area contributed by atoms with Crippen LogP contribution in [0.4, 0.5) is 0 Å². The highest BCUT2D eigenvalue weighted by molar-refractivity contribution is 7.80. The number of hydrogen-bond acceptors (Lipinski definition) is 31. The van der Waals surface area contributed by atoms with Gasteiger partial charge in [-0.3, -0.25) is 81.5 Å². The molecule has 0 bridgehead atoms. The fourth-order valence-electron chi connectivity index (χ4n) is 11.2. The second kappa shape index (κ2) is 50.9. The molecule has 2 aromatic rings. The number of carbonyl (C=O) groups excluding carboxylic acids is 18. The number of primary amides is 2. The number of carboxylic acids is 1. The van der Waals surface area contributed by atoms with Crippen molar-refractivity contribution >= 4 is 163 Å². The fourth-order valence-corrected chi connectivity index (χ4v) is 12.1. The zero-order valence-corrected chi connectivity index (χ0v) is 68.4. The molecule has 16 amide bonds. The summed E-state index contributed by atoms with van der Waals surface area (Å²) in [5.74, 6) is -23.9. The van der Waals surface area contributed by atoms with Crippen molar-refractivity contribution < 1.29 is 116 Å². The molecule has 2 aromatic heterocycles. The van der Waals surface area contributed by atoms with Crippen LogP contribution in [0.1, 0.15) is 104 Å². The molecule has 0 saturated carbocycles. The molecule has 0 aromatic carbocycles. The van der Waals surface area contributed by atoms with E-state index in [9.17, 15) is 106 Å². The van der Waals surface area contributed by atoms with Crippen LogP contribution in [0, 0.1) is 17.8 Å². The fraction of sp³-hybridized carbons (Fsp3) is 0.627. The van der Waals surface area contributed by atoms with Gasteiger partial charge >= 0.3 is 17.9 Å². The number of hydrogen-bond donors (Lipinski definition) is 26. The van der Waals surface area contributed by atoms with Gasteiger partial charge in [-0.25, -0.2) is 29.3 Å². The van der Waals surface area contributed by atoms with Crippen LogP contribution in [0.15, 0.2) is 25.0 Å². The molecule has 1 aliphatic rings. The van der Waals surface area contributed by atoms with Gasteiger partial charge in [0.2, 0.25) is 94.5 Å². The number of nitrogens with two attached hydrogens (primary N) is 4. The predicted molar refractivity (Wildman–Crippen MR) is 421 cm³/mol.